The monoisotopic (exact) mass is 261 g/mol. The van der Waals surface area contributed by atoms with Gasteiger partial charge in [-0.3, -0.25) is 0 Å². The number of hydrogen-bond donors (Lipinski definition) is 2. The molecule has 1 saturated carbocycles. The van der Waals surface area contributed by atoms with E-state index in [9.17, 15) is 10.2 Å². The maximum absolute atomic E-state index is 9.54. The van der Waals surface area contributed by atoms with Crippen LogP contribution in [-0.2, 0) is 4.84 Å². The van der Waals surface area contributed by atoms with Crippen LogP contribution in [0.4, 0.5) is 0 Å². The van der Waals surface area contributed by atoms with Crippen molar-refractivity contribution in [1.82, 2.24) is 0 Å². The molecule has 0 unspecified atom stereocenters. The third-order valence-electron chi connectivity index (χ3n) is 4.34. The summed E-state index contributed by atoms with van der Waals surface area (Å²) in [5.41, 5.74) is 3.17. The number of nitrogens with zero attached hydrogens (tertiary/aromatic N) is 1. The smallest absolute Gasteiger partial charge is 0.141 e. The summed E-state index contributed by atoms with van der Waals surface area (Å²) in [7, 11) is 0. The number of aliphatic hydroxyl groups excluding tert-OH is 2. The molecule has 0 radical (unpaired) electrons. The maximum atomic E-state index is 9.54. The molecule has 102 valence electrons. The first-order valence-electron chi connectivity index (χ1n) is 6.77. The first-order chi connectivity index (χ1) is 9.24. The number of aryl methyl sites for hydroxylation is 1. The number of aliphatic hydroxyl groups is 2. The zero-order valence-electron chi connectivity index (χ0n) is 11.0. The molecular formula is C15H19NO3. The lowest BCUT2D eigenvalue weighted by Gasteiger charge is -2.17. The molecule has 0 aromatic heterocycles. The summed E-state index contributed by atoms with van der Waals surface area (Å²) in [6.45, 7) is 2.26. The van der Waals surface area contributed by atoms with Gasteiger partial charge >= 0.3 is 0 Å². The van der Waals surface area contributed by atoms with Gasteiger partial charge in [0.05, 0.1) is 11.6 Å². The zero-order valence-corrected chi connectivity index (χ0v) is 11.0. The molecule has 0 bridgehead atoms. The first kappa shape index (κ1) is 12.6. The van der Waals surface area contributed by atoms with Crippen molar-refractivity contribution >= 4 is 5.71 Å². The van der Waals surface area contributed by atoms with Crippen molar-refractivity contribution in [2.75, 3.05) is 13.2 Å². The van der Waals surface area contributed by atoms with Crippen molar-refractivity contribution in [2.45, 2.75) is 19.4 Å². The van der Waals surface area contributed by atoms with Crippen LogP contribution in [0.25, 0.3) is 0 Å². The summed E-state index contributed by atoms with van der Waals surface area (Å²) in [5, 5.41) is 23.2. The highest BCUT2D eigenvalue weighted by molar-refractivity contribution is 6.03. The Morgan fingerprint density at radius 2 is 1.84 bits per heavy atom. The first-order valence-corrected chi connectivity index (χ1v) is 6.77. The van der Waals surface area contributed by atoms with E-state index in [1.165, 1.54) is 5.56 Å². The number of benzene rings is 1. The fourth-order valence-electron chi connectivity index (χ4n) is 3.28. The van der Waals surface area contributed by atoms with Gasteiger partial charge in [-0.05, 0) is 24.8 Å². The highest BCUT2D eigenvalue weighted by Crippen LogP contribution is 2.43. The van der Waals surface area contributed by atoms with Crippen LogP contribution in [0.2, 0.25) is 0 Å². The lowest BCUT2D eigenvalue weighted by Crippen LogP contribution is -2.28. The number of fused-ring (bicyclic) bond motifs is 1. The minimum absolute atomic E-state index is 0.0776. The summed E-state index contributed by atoms with van der Waals surface area (Å²) in [6.07, 6.45) is 0.714. The summed E-state index contributed by atoms with van der Waals surface area (Å²) in [4.78, 5) is 5.53. The molecule has 0 amide bonds. The molecule has 1 aliphatic carbocycles. The topological polar surface area (TPSA) is 62.0 Å². The van der Waals surface area contributed by atoms with Crippen LogP contribution >= 0.6 is 0 Å². The molecule has 2 aliphatic rings. The predicted molar refractivity (Wildman–Crippen MR) is 71.8 cm³/mol. The maximum Gasteiger partial charge on any atom is 0.141 e. The summed E-state index contributed by atoms with van der Waals surface area (Å²) >= 11 is 0. The Kier molecular flexibility index (Phi) is 3.29. The summed E-state index contributed by atoms with van der Waals surface area (Å²) in [6, 6.07) is 8.19. The van der Waals surface area contributed by atoms with Crippen molar-refractivity contribution < 1.29 is 15.1 Å². The highest BCUT2D eigenvalue weighted by atomic mass is 16.6. The number of hydrogen-bond acceptors (Lipinski definition) is 4. The van der Waals surface area contributed by atoms with Gasteiger partial charge in [-0.1, -0.05) is 35.0 Å². The minimum atomic E-state index is -0.0848. The van der Waals surface area contributed by atoms with Crippen molar-refractivity contribution in [3.63, 3.8) is 0 Å². The number of oxime groups is 1. The number of rotatable bonds is 3. The fourth-order valence-corrected chi connectivity index (χ4v) is 3.28. The molecule has 1 aliphatic heterocycles. The molecule has 1 heterocycles. The lowest BCUT2D eigenvalue weighted by molar-refractivity contribution is 0.0198. The van der Waals surface area contributed by atoms with Crippen LogP contribution in [0.15, 0.2) is 29.4 Å². The van der Waals surface area contributed by atoms with Gasteiger partial charge < -0.3 is 15.1 Å². The van der Waals surface area contributed by atoms with Crippen LogP contribution < -0.4 is 0 Å². The average molecular weight is 261 g/mol. The Morgan fingerprint density at radius 1 is 1.16 bits per heavy atom. The van der Waals surface area contributed by atoms with Gasteiger partial charge in [0.15, 0.2) is 0 Å². The zero-order chi connectivity index (χ0) is 13.4. The van der Waals surface area contributed by atoms with E-state index in [1.807, 2.05) is 19.1 Å². The van der Waals surface area contributed by atoms with Gasteiger partial charge in [-0.15, -0.1) is 0 Å². The molecule has 4 atom stereocenters. The largest absolute Gasteiger partial charge is 0.396 e. The van der Waals surface area contributed by atoms with Crippen molar-refractivity contribution in [2.24, 2.45) is 22.9 Å². The SMILES string of the molecule is Cc1ccc(C2=NO[C@@H]3[C@H](CO)C[C@H](CO)[C@H]23)cc1. The Labute approximate surface area is 112 Å². The molecule has 1 fully saturated rings. The van der Waals surface area contributed by atoms with E-state index >= 15 is 0 Å². The van der Waals surface area contributed by atoms with Crippen LogP contribution in [0.1, 0.15) is 17.5 Å². The second-order valence-corrected chi connectivity index (χ2v) is 5.56. The Bertz CT molecular complexity index is 483. The lowest BCUT2D eigenvalue weighted by atomic mass is 9.87. The molecule has 3 rings (SSSR count). The van der Waals surface area contributed by atoms with E-state index in [2.05, 4.69) is 17.3 Å². The molecule has 1 aromatic carbocycles. The fraction of sp³-hybridized carbons (Fsp3) is 0.533. The third-order valence-corrected chi connectivity index (χ3v) is 4.34. The van der Waals surface area contributed by atoms with E-state index < -0.39 is 0 Å². The molecular weight excluding hydrogens is 242 g/mol. The average Bonchev–Trinajstić information content (AvgIpc) is 2.99. The quantitative estimate of drug-likeness (QED) is 0.863. The van der Waals surface area contributed by atoms with Gasteiger partial charge in [0.25, 0.3) is 0 Å². The Morgan fingerprint density at radius 3 is 2.47 bits per heavy atom. The van der Waals surface area contributed by atoms with E-state index in [-0.39, 0.29) is 37.1 Å². The van der Waals surface area contributed by atoms with Crippen molar-refractivity contribution in [3.05, 3.63) is 35.4 Å². The van der Waals surface area contributed by atoms with E-state index in [0.717, 1.165) is 17.7 Å². The Balaban J connectivity index is 1.90. The molecule has 2 N–H and O–H groups in total. The second kappa shape index (κ2) is 4.94. The molecule has 19 heavy (non-hydrogen) atoms. The minimum Gasteiger partial charge on any atom is -0.396 e. The third kappa shape index (κ3) is 2.05. The van der Waals surface area contributed by atoms with Gasteiger partial charge in [0.2, 0.25) is 0 Å². The van der Waals surface area contributed by atoms with Crippen LogP contribution in [-0.4, -0.2) is 35.2 Å². The molecule has 4 heteroatoms. The summed E-state index contributed by atoms with van der Waals surface area (Å²) in [5.74, 6) is 0.309. The van der Waals surface area contributed by atoms with Gasteiger partial charge in [-0.2, -0.15) is 0 Å². The highest BCUT2D eigenvalue weighted by Gasteiger charge is 2.50. The van der Waals surface area contributed by atoms with Gasteiger partial charge in [0, 0.05) is 19.1 Å². The van der Waals surface area contributed by atoms with Crippen LogP contribution in [0.3, 0.4) is 0 Å². The predicted octanol–water partition coefficient (Wildman–Crippen LogP) is 1.33. The summed E-state index contributed by atoms with van der Waals surface area (Å²) < 4.78 is 0. The van der Waals surface area contributed by atoms with Crippen molar-refractivity contribution in [1.29, 1.82) is 0 Å². The molecule has 1 aromatic rings. The van der Waals surface area contributed by atoms with Gasteiger partial charge in [-0.25, -0.2) is 0 Å². The normalized spacial score (nSPS) is 32.9. The molecule has 4 nitrogen and oxygen atoms in total. The molecule has 0 saturated heterocycles. The second-order valence-electron chi connectivity index (χ2n) is 5.56. The standard InChI is InChI=1S/C15H19NO3/c1-9-2-4-10(5-3-9)14-13-11(7-17)6-12(8-18)15(13)19-16-14/h2-5,11-13,15,17-18H,6-8H2,1H3/t11-,12+,13-,15-/m1/s1. The van der Waals surface area contributed by atoms with E-state index in [1.54, 1.807) is 0 Å². The van der Waals surface area contributed by atoms with E-state index in [0.29, 0.717) is 0 Å². The van der Waals surface area contributed by atoms with E-state index in [4.69, 9.17) is 4.84 Å². The van der Waals surface area contributed by atoms with Crippen molar-refractivity contribution in [3.8, 4) is 0 Å². The molecule has 0 spiro atoms. The van der Waals surface area contributed by atoms with Crippen LogP contribution in [0.5, 0.6) is 0 Å². The van der Waals surface area contributed by atoms with Gasteiger partial charge in [0.1, 0.15) is 6.10 Å². The Hall–Kier alpha value is -1.39. The van der Waals surface area contributed by atoms with Crippen LogP contribution in [0, 0.1) is 24.7 Å².